The van der Waals surface area contributed by atoms with E-state index in [0.717, 1.165) is 15.8 Å². The minimum Gasteiger partial charge on any atom is -0.493 e. The Morgan fingerprint density at radius 1 is 1.13 bits per heavy atom. The van der Waals surface area contributed by atoms with E-state index in [1.165, 1.54) is 16.2 Å². The molecule has 0 unspecified atom stereocenters. The Morgan fingerprint density at radius 2 is 1.83 bits per heavy atom. The van der Waals surface area contributed by atoms with Crippen molar-refractivity contribution in [2.45, 2.75) is 24.8 Å². The summed E-state index contributed by atoms with van der Waals surface area (Å²) in [7, 11) is 3.22. The molecule has 2 aromatic carbocycles. The van der Waals surface area contributed by atoms with Crippen LogP contribution in [0, 0.1) is 0 Å². The zero-order chi connectivity index (χ0) is 21.5. The molecule has 6 nitrogen and oxygen atoms in total. The van der Waals surface area contributed by atoms with E-state index in [2.05, 4.69) is 4.99 Å². The maximum Gasteiger partial charge on any atom is 0.252 e. The molecule has 1 amide bonds. The first-order valence-corrected chi connectivity index (χ1v) is 11.7. The third-order valence-corrected chi connectivity index (χ3v) is 6.37. The number of rotatable bonds is 9. The fourth-order valence-corrected chi connectivity index (χ4v) is 4.55. The maximum atomic E-state index is 12.7. The number of fused-ring (bicyclic) bond motifs is 1. The van der Waals surface area contributed by atoms with Crippen LogP contribution in [0.25, 0.3) is 10.2 Å². The molecule has 0 aliphatic rings. The SMILES string of the molecule is CCOCCn1c(=NC(=O)Cc2ccc(SC)cc2)sc2cc(OC)c(OC)cc21. The van der Waals surface area contributed by atoms with Gasteiger partial charge in [0.25, 0.3) is 5.91 Å². The van der Waals surface area contributed by atoms with Gasteiger partial charge in [-0.05, 0) is 30.9 Å². The number of hydrogen-bond acceptors (Lipinski definition) is 6. The van der Waals surface area contributed by atoms with Crippen LogP contribution in [-0.4, -0.2) is 44.2 Å². The van der Waals surface area contributed by atoms with Gasteiger partial charge in [-0.15, -0.1) is 11.8 Å². The van der Waals surface area contributed by atoms with Gasteiger partial charge in [-0.2, -0.15) is 4.99 Å². The maximum absolute atomic E-state index is 12.7. The standard InChI is InChI=1S/C22H26N2O4S2/c1-5-28-11-10-24-17-13-18(26-2)19(27-3)14-20(17)30-22(24)23-21(25)12-15-6-8-16(29-4)9-7-15/h6-9,13-14H,5,10-12H2,1-4H3. The van der Waals surface area contributed by atoms with Gasteiger partial charge in [-0.3, -0.25) is 4.79 Å². The van der Waals surface area contributed by atoms with Crippen molar-refractivity contribution in [3.63, 3.8) is 0 Å². The molecule has 8 heteroatoms. The van der Waals surface area contributed by atoms with Gasteiger partial charge in [0.2, 0.25) is 0 Å². The first kappa shape index (κ1) is 22.4. The van der Waals surface area contributed by atoms with Crippen LogP contribution in [0.4, 0.5) is 0 Å². The molecule has 0 saturated heterocycles. The number of thioether (sulfide) groups is 1. The Kier molecular flexibility index (Phi) is 7.95. The molecule has 0 saturated carbocycles. The van der Waals surface area contributed by atoms with Crippen molar-refractivity contribution in [3.8, 4) is 11.5 Å². The van der Waals surface area contributed by atoms with Crippen molar-refractivity contribution in [2.24, 2.45) is 4.99 Å². The summed E-state index contributed by atoms with van der Waals surface area (Å²) in [6, 6.07) is 11.8. The molecule has 1 aromatic heterocycles. The fourth-order valence-electron chi connectivity index (χ4n) is 3.06. The summed E-state index contributed by atoms with van der Waals surface area (Å²) in [5, 5.41) is 0. The second-order valence-electron chi connectivity index (χ2n) is 6.44. The van der Waals surface area contributed by atoms with Crippen LogP contribution in [0.1, 0.15) is 12.5 Å². The lowest BCUT2D eigenvalue weighted by atomic mass is 10.1. The lowest BCUT2D eigenvalue weighted by molar-refractivity contribution is -0.117. The average Bonchev–Trinajstić information content (AvgIpc) is 3.09. The third kappa shape index (κ3) is 5.24. The predicted molar refractivity (Wildman–Crippen MR) is 122 cm³/mol. The number of amides is 1. The van der Waals surface area contributed by atoms with Crippen LogP contribution < -0.4 is 14.3 Å². The molecular weight excluding hydrogens is 420 g/mol. The average molecular weight is 447 g/mol. The van der Waals surface area contributed by atoms with E-state index in [1.54, 1.807) is 26.0 Å². The molecule has 3 aromatic rings. The Balaban J connectivity index is 1.98. The number of benzene rings is 2. The topological polar surface area (TPSA) is 62.1 Å². The van der Waals surface area contributed by atoms with E-state index in [1.807, 2.05) is 54.1 Å². The van der Waals surface area contributed by atoms with Crippen LogP contribution in [0.3, 0.4) is 0 Å². The fraction of sp³-hybridized carbons (Fsp3) is 0.364. The van der Waals surface area contributed by atoms with Gasteiger partial charge in [-0.25, -0.2) is 0 Å². The molecule has 0 atom stereocenters. The predicted octanol–water partition coefficient (Wildman–Crippen LogP) is 4.15. The number of thiazole rings is 1. The smallest absolute Gasteiger partial charge is 0.252 e. The van der Waals surface area contributed by atoms with Crippen molar-refractivity contribution in [1.82, 2.24) is 4.57 Å². The van der Waals surface area contributed by atoms with E-state index in [4.69, 9.17) is 14.2 Å². The monoisotopic (exact) mass is 446 g/mol. The summed E-state index contributed by atoms with van der Waals surface area (Å²) >= 11 is 3.13. The lowest BCUT2D eigenvalue weighted by Crippen LogP contribution is -2.20. The molecule has 0 fully saturated rings. The molecule has 30 heavy (non-hydrogen) atoms. The number of nitrogens with zero attached hydrogens (tertiary/aromatic N) is 2. The highest BCUT2D eigenvalue weighted by molar-refractivity contribution is 7.98. The molecule has 0 aliphatic carbocycles. The molecule has 3 rings (SSSR count). The third-order valence-electron chi connectivity index (χ3n) is 4.59. The number of hydrogen-bond donors (Lipinski definition) is 0. The summed E-state index contributed by atoms with van der Waals surface area (Å²) in [5.41, 5.74) is 1.89. The summed E-state index contributed by atoms with van der Waals surface area (Å²) in [4.78, 5) is 18.9. The van der Waals surface area contributed by atoms with Crippen molar-refractivity contribution in [1.29, 1.82) is 0 Å². The van der Waals surface area contributed by atoms with Gasteiger partial charge in [0.05, 0.1) is 37.5 Å². The van der Waals surface area contributed by atoms with Crippen LogP contribution in [0.5, 0.6) is 11.5 Å². The molecular formula is C22H26N2O4S2. The summed E-state index contributed by atoms with van der Waals surface area (Å²) in [6.07, 6.45) is 2.29. The highest BCUT2D eigenvalue weighted by atomic mass is 32.2. The molecule has 1 heterocycles. The van der Waals surface area contributed by atoms with Crippen LogP contribution in [-0.2, 0) is 22.5 Å². The first-order chi connectivity index (χ1) is 14.6. The van der Waals surface area contributed by atoms with E-state index in [0.29, 0.717) is 36.1 Å². The van der Waals surface area contributed by atoms with Crippen LogP contribution >= 0.6 is 23.1 Å². The van der Waals surface area contributed by atoms with Gasteiger partial charge in [0.15, 0.2) is 16.3 Å². The zero-order valence-corrected chi connectivity index (χ0v) is 19.3. The quantitative estimate of drug-likeness (QED) is 0.365. The van der Waals surface area contributed by atoms with Gasteiger partial charge < -0.3 is 18.8 Å². The second kappa shape index (κ2) is 10.7. The normalized spacial score (nSPS) is 11.8. The van der Waals surface area contributed by atoms with Crippen molar-refractivity contribution in [2.75, 3.05) is 33.7 Å². The van der Waals surface area contributed by atoms with Crippen molar-refractivity contribution < 1.29 is 19.0 Å². The lowest BCUT2D eigenvalue weighted by Gasteiger charge is -2.09. The summed E-state index contributed by atoms with van der Waals surface area (Å²) < 4.78 is 19.4. The summed E-state index contributed by atoms with van der Waals surface area (Å²) in [6.45, 7) is 3.73. The molecule has 0 radical (unpaired) electrons. The molecule has 0 spiro atoms. The second-order valence-corrected chi connectivity index (χ2v) is 8.33. The number of methoxy groups -OCH3 is 2. The highest BCUT2D eigenvalue weighted by Crippen LogP contribution is 2.33. The highest BCUT2D eigenvalue weighted by Gasteiger charge is 2.13. The number of carbonyl (C=O) groups is 1. The minimum absolute atomic E-state index is 0.178. The van der Waals surface area contributed by atoms with Gasteiger partial charge in [0, 0.05) is 30.2 Å². The zero-order valence-electron chi connectivity index (χ0n) is 17.6. The molecule has 0 bridgehead atoms. The first-order valence-electron chi connectivity index (χ1n) is 9.63. The van der Waals surface area contributed by atoms with E-state index in [-0.39, 0.29) is 12.3 Å². The van der Waals surface area contributed by atoms with E-state index < -0.39 is 0 Å². The molecule has 160 valence electrons. The van der Waals surface area contributed by atoms with E-state index in [9.17, 15) is 4.79 Å². The largest absolute Gasteiger partial charge is 0.493 e. The number of aromatic nitrogens is 1. The number of carbonyl (C=O) groups excluding carboxylic acids is 1. The summed E-state index contributed by atoms with van der Waals surface area (Å²) in [5.74, 6) is 1.11. The van der Waals surface area contributed by atoms with Crippen LogP contribution in [0.2, 0.25) is 0 Å². The van der Waals surface area contributed by atoms with Crippen molar-refractivity contribution in [3.05, 3.63) is 46.8 Å². The number of ether oxygens (including phenoxy) is 3. The molecule has 0 N–H and O–H groups in total. The Labute approximate surface area is 184 Å². The Morgan fingerprint density at radius 3 is 2.47 bits per heavy atom. The molecule has 0 aliphatic heterocycles. The minimum atomic E-state index is -0.178. The van der Waals surface area contributed by atoms with Crippen LogP contribution in [0.15, 0.2) is 46.3 Å². The van der Waals surface area contributed by atoms with Gasteiger partial charge >= 0.3 is 0 Å². The Bertz CT molecular complexity index is 1070. The van der Waals surface area contributed by atoms with Crippen molar-refractivity contribution >= 4 is 39.2 Å². The van der Waals surface area contributed by atoms with E-state index >= 15 is 0 Å². The Hall–Kier alpha value is -2.29. The van der Waals surface area contributed by atoms with Gasteiger partial charge in [0.1, 0.15) is 0 Å². The van der Waals surface area contributed by atoms with Gasteiger partial charge in [-0.1, -0.05) is 23.5 Å².